The van der Waals surface area contributed by atoms with Gasteiger partial charge in [-0.05, 0) is 42.0 Å². The average Bonchev–Trinajstić information content (AvgIpc) is 2.84. The fourth-order valence-electron chi connectivity index (χ4n) is 3.51. The van der Waals surface area contributed by atoms with E-state index in [1.165, 1.54) is 60.7 Å². The number of aromatic hydroxyl groups is 2. The Kier molecular flexibility index (Phi) is 6.57. The number of nitrogens with one attached hydrogen (secondary N) is 2. The van der Waals surface area contributed by atoms with Crippen LogP contribution in [0.3, 0.4) is 0 Å². The standard InChI is InChI=1S/C25H19N3O7S/c29-22-12-10-16(14-23(22)30)11-13-25(31)26-21-8-2-7-20-19(21)6-3-9-24(20)36(34,35)27-17-4-1-5-18(15-17)28(32)33/h1-15,27,29-30H,(H,26,31)/b13-11+. The van der Waals surface area contributed by atoms with E-state index in [9.17, 15) is 33.5 Å². The van der Waals surface area contributed by atoms with Gasteiger partial charge < -0.3 is 15.5 Å². The maximum atomic E-state index is 13.1. The number of rotatable bonds is 7. The molecule has 10 nitrogen and oxygen atoms in total. The van der Waals surface area contributed by atoms with Crippen LogP contribution in [-0.2, 0) is 14.8 Å². The maximum absolute atomic E-state index is 13.1. The lowest BCUT2D eigenvalue weighted by Crippen LogP contribution is -2.14. The second-order valence-electron chi connectivity index (χ2n) is 7.64. The van der Waals surface area contributed by atoms with Crippen LogP contribution < -0.4 is 10.0 Å². The summed E-state index contributed by atoms with van der Waals surface area (Å²) in [4.78, 5) is 22.8. The molecular weight excluding hydrogens is 486 g/mol. The lowest BCUT2D eigenvalue weighted by molar-refractivity contribution is -0.384. The van der Waals surface area contributed by atoms with Gasteiger partial charge in [0, 0.05) is 34.7 Å². The number of phenolic OH excluding ortho intramolecular Hbond substituents is 2. The largest absolute Gasteiger partial charge is 0.504 e. The molecule has 11 heteroatoms. The van der Waals surface area contributed by atoms with Gasteiger partial charge in [0.2, 0.25) is 5.91 Å². The normalized spacial score (nSPS) is 11.4. The first kappa shape index (κ1) is 24.2. The summed E-state index contributed by atoms with van der Waals surface area (Å²) in [6.07, 6.45) is 2.67. The zero-order valence-corrected chi connectivity index (χ0v) is 19.3. The number of sulfonamides is 1. The number of fused-ring (bicyclic) bond motifs is 1. The van der Waals surface area contributed by atoms with Gasteiger partial charge in [-0.15, -0.1) is 0 Å². The average molecular weight is 506 g/mol. The minimum Gasteiger partial charge on any atom is -0.504 e. The minimum absolute atomic E-state index is 0.0380. The third-order valence-corrected chi connectivity index (χ3v) is 6.60. The lowest BCUT2D eigenvalue weighted by atomic mass is 10.1. The molecule has 0 spiro atoms. The number of amides is 1. The van der Waals surface area contributed by atoms with Crippen LogP contribution in [0.4, 0.5) is 17.1 Å². The first-order valence-electron chi connectivity index (χ1n) is 10.4. The van der Waals surface area contributed by atoms with Crippen LogP contribution >= 0.6 is 0 Å². The van der Waals surface area contributed by atoms with Crippen molar-refractivity contribution in [1.82, 2.24) is 0 Å². The van der Waals surface area contributed by atoms with Gasteiger partial charge in [-0.25, -0.2) is 8.42 Å². The van der Waals surface area contributed by atoms with Crippen molar-refractivity contribution in [3.63, 3.8) is 0 Å². The molecule has 4 rings (SSSR count). The molecule has 0 bridgehead atoms. The molecule has 0 unspecified atom stereocenters. The van der Waals surface area contributed by atoms with E-state index in [0.29, 0.717) is 22.0 Å². The highest BCUT2D eigenvalue weighted by atomic mass is 32.2. The molecule has 0 aliphatic heterocycles. The maximum Gasteiger partial charge on any atom is 0.271 e. The Bertz CT molecular complexity index is 1630. The molecule has 4 aromatic rings. The molecule has 0 atom stereocenters. The van der Waals surface area contributed by atoms with Gasteiger partial charge in [0.15, 0.2) is 11.5 Å². The third kappa shape index (κ3) is 5.26. The summed E-state index contributed by atoms with van der Waals surface area (Å²) in [6.45, 7) is 0. The highest BCUT2D eigenvalue weighted by Gasteiger charge is 2.19. The van der Waals surface area contributed by atoms with Gasteiger partial charge in [-0.1, -0.05) is 36.4 Å². The van der Waals surface area contributed by atoms with Gasteiger partial charge in [-0.2, -0.15) is 0 Å². The minimum atomic E-state index is -4.12. The van der Waals surface area contributed by atoms with Crippen molar-refractivity contribution in [3.05, 3.63) is 101 Å². The van der Waals surface area contributed by atoms with Crippen LogP contribution in [0.1, 0.15) is 5.56 Å². The number of nitro groups is 1. The van der Waals surface area contributed by atoms with Crippen LogP contribution in [0, 0.1) is 10.1 Å². The van der Waals surface area contributed by atoms with Crippen molar-refractivity contribution in [3.8, 4) is 11.5 Å². The Labute approximate surface area is 205 Å². The molecule has 0 aromatic heterocycles. The van der Waals surface area contributed by atoms with Crippen LogP contribution in [0.15, 0.2) is 89.8 Å². The number of carbonyl (C=O) groups is 1. The number of carbonyl (C=O) groups excluding carboxylic acids is 1. The quantitative estimate of drug-likeness (QED) is 0.123. The summed E-state index contributed by atoms with van der Waals surface area (Å²) in [7, 11) is -4.12. The van der Waals surface area contributed by atoms with E-state index in [1.807, 2.05) is 0 Å². The molecular formula is C25H19N3O7S. The summed E-state index contributed by atoms with van der Waals surface area (Å²) >= 11 is 0. The molecule has 0 aliphatic carbocycles. The predicted molar refractivity (Wildman–Crippen MR) is 135 cm³/mol. The Morgan fingerprint density at radius 1 is 0.889 bits per heavy atom. The van der Waals surface area contributed by atoms with Crippen molar-refractivity contribution >= 4 is 49.8 Å². The van der Waals surface area contributed by atoms with Gasteiger partial charge in [0.1, 0.15) is 0 Å². The molecule has 0 saturated carbocycles. The summed E-state index contributed by atoms with van der Waals surface area (Å²) in [5.41, 5.74) is 0.631. The number of non-ortho nitro benzene ring substituents is 1. The van der Waals surface area contributed by atoms with Crippen LogP contribution in [0.5, 0.6) is 11.5 Å². The predicted octanol–water partition coefficient (Wildman–Crippen LogP) is 4.61. The lowest BCUT2D eigenvalue weighted by Gasteiger charge is -2.13. The van der Waals surface area contributed by atoms with Gasteiger partial charge in [0.05, 0.1) is 15.5 Å². The molecule has 36 heavy (non-hydrogen) atoms. The summed E-state index contributed by atoms with van der Waals surface area (Å²) in [6, 6.07) is 18.6. The number of benzene rings is 4. The first-order chi connectivity index (χ1) is 17.1. The molecule has 0 radical (unpaired) electrons. The van der Waals surface area contributed by atoms with E-state index >= 15 is 0 Å². The molecule has 0 saturated heterocycles. The zero-order valence-electron chi connectivity index (χ0n) is 18.5. The van der Waals surface area contributed by atoms with Crippen LogP contribution in [0.2, 0.25) is 0 Å². The SMILES string of the molecule is O=C(/C=C/c1ccc(O)c(O)c1)Nc1cccc2c(S(=O)(=O)Nc3cccc([N+](=O)[O-])c3)cccc12. The Balaban J connectivity index is 1.61. The number of hydrogen-bond acceptors (Lipinski definition) is 7. The fourth-order valence-corrected chi connectivity index (χ4v) is 4.78. The Morgan fingerprint density at radius 3 is 2.36 bits per heavy atom. The van der Waals surface area contributed by atoms with Gasteiger partial charge >= 0.3 is 0 Å². The third-order valence-electron chi connectivity index (χ3n) is 5.17. The second-order valence-corrected chi connectivity index (χ2v) is 9.29. The smallest absolute Gasteiger partial charge is 0.271 e. The second kappa shape index (κ2) is 9.76. The summed E-state index contributed by atoms with van der Waals surface area (Å²) in [5, 5.41) is 33.5. The molecule has 0 fully saturated rings. The van der Waals surface area contributed by atoms with E-state index < -0.39 is 20.9 Å². The van der Waals surface area contributed by atoms with E-state index in [-0.39, 0.29) is 27.8 Å². The molecule has 0 aliphatic rings. The monoisotopic (exact) mass is 505 g/mol. The van der Waals surface area contributed by atoms with Crippen LogP contribution in [0.25, 0.3) is 16.8 Å². The molecule has 0 heterocycles. The summed E-state index contributed by atoms with van der Waals surface area (Å²) < 4.78 is 28.6. The zero-order chi connectivity index (χ0) is 25.9. The van der Waals surface area contributed by atoms with Crippen molar-refractivity contribution < 1.29 is 28.3 Å². The Hall–Kier alpha value is -4.90. The van der Waals surface area contributed by atoms with Crippen LogP contribution in [-0.4, -0.2) is 29.5 Å². The highest BCUT2D eigenvalue weighted by Crippen LogP contribution is 2.31. The van der Waals surface area contributed by atoms with E-state index in [1.54, 1.807) is 24.3 Å². The van der Waals surface area contributed by atoms with Gasteiger partial charge in [-0.3, -0.25) is 19.6 Å². The number of anilines is 2. The van der Waals surface area contributed by atoms with Gasteiger partial charge in [0.25, 0.3) is 15.7 Å². The fraction of sp³-hybridized carbons (Fsp3) is 0. The van der Waals surface area contributed by atoms with Crippen molar-refractivity contribution in [2.45, 2.75) is 4.90 Å². The molecule has 182 valence electrons. The summed E-state index contributed by atoms with van der Waals surface area (Å²) in [5.74, 6) is -1.10. The van der Waals surface area contributed by atoms with Crippen molar-refractivity contribution in [1.29, 1.82) is 0 Å². The molecule has 4 N–H and O–H groups in total. The molecule has 1 amide bonds. The molecule has 4 aromatic carbocycles. The van der Waals surface area contributed by atoms with E-state index in [0.717, 1.165) is 6.07 Å². The number of hydrogen-bond donors (Lipinski definition) is 4. The number of nitro benzene ring substituents is 1. The highest BCUT2D eigenvalue weighted by molar-refractivity contribution is 7.93. The first-order valence-corrected chi connectivity index (χ1v) is 11.9. The number of nitrogens with zero attached hydrogens (tertiary/aromatic N) is 1. The van der Waals surface area contributed by atoms with E-state index in [2.05, 4.69) is 10.0 Å². The number of phenols is 2. The van der Waals surface area contributed by atoms with E-state index in [4.69, 9.17) is 0 Å². The Morgan fingerprint density at radius 2 is 1.61 bits per heavy atom. The van der Waals surface area contributed by atoms with Crippen molar-refractivity contribution in [2.24, 2.45) is 0 Å². The topological polar surface area (TPSA) is 159 Å². The van der Waals surface area contributed by atoms with Crippen molar-refractivity contribution in [2.75, 3.05) is 10.0 Å².